The number of ether oxygens (including phenoxy) is 1. The molecule has 1 aromatic carbocycles. The SMILES string of the molecule is CCOC(=O)CNC(=S)N(CCc1ccccc1)C1CCN(C)CC1. The lowest BCUT2D eigenvalue weighted by Crippen LogP contribution is -2.51. The van der Waals surface area contributed by atoms with Gasteiger partial charge in [0.15, 0.2) is 5.11 Å². The average molecular weight is 364 g/mol. The standard InChI is InChI=1S/C19H29N3O2S/c1-3-24-18(23)15-20-19(25)22(17-10-12-21(2)13-11-17)14-9-16-7-5-4-6-8-16/h4-8,17H,3,9-15H2,1-2H3,(H,20,25). The molecule has 0 radical (unpaired) electrons. The van der Waals surface area contributed by atoms with E-state index >= 15 is 0 Å². The topological polar surface area (TPSA) is 44.8 Å². The Hall–Kier alpha value is -1.66. The summed E-state index contributed by atoms with van der Waals surface area (Å²) in [4.78, 5) is 16.2. The number of piperidine rings is 1. The Bertz CT molecular complexity index is 545. The lowest BCUT2D eigenvalue weighted by Gasteiger charge is -2.39. The van der Waals surface area contributed by atoms with E-state index in [1.807, 2.05) is 6.07 Å². The number of hydrogen-bond donors (Lipinski definition) is 1. The van der Waals surface area contributed by atoms with Gasteiger partial charge in [0, 0.05) is 12.6 Å². The summed E-state index contributed by atoms with van der Waals surface area (Å²) in [5.41, 5.74) is 1.30. The van der Waals surface area contributed by atoms with E-state index in [1.54, 1.807) is 6.92 Å². The Balaban J connectivity index is 1.95. The second-order valence-corrected chi connectivity index (χ2v) is 6.81. The fourth-order valence-electron chi connectivity index (χ4n) is 3.11. The van der Waals surface area contributed by atoms with Gasteiger partial charge in [-0.15, -0.1) is 0 Å². The molecule has 25 heavy (non-hydrogen) atoms. The smallest absolute Gasteiger partial charge is 0.325 e. The van der Waals surface area contributed by atoms with Crippen LogP contribution >= 0.6 is 12.2 Å². The number of benzene rings is 1. The van der Waals surface area contributed by atoms with Crippen LogP contribution in [0.3, 0.4) is 0 Å². The molecule has 2 rings (SSSR count). The van der Waals surface area contributed by atoms with E-state index in [1.165, 1.54) is 5.56 Å². The summed E-state index contributed by atoms with van der Waals surface area (Å²) in [6.45, 7) is 5.33. The van der Waals surface area contributed by atoms with Gasteiger partial charge in [0.1, 0.15) is 6.54 Å². The highest BCUT2D eigenvalue weighted by molar-refractivity contribution is 7.80. The first-order valence-electron chi connectivity index (χ1n) is 9.02. The molecule has 0 unspecified atom stereocenters. The number of likely N-dealkylation sites (tertiary alicyclic amines) is 1. The molecule has 1 aliphatic heterocycles. The fraction of sp³-hybridized carbons (Fsp3) is 0.579. The van der Waals surface area contributed by atoms with Gasteiger partial charge in [0.05, 0.1) is 6.61 Å². The third-order valence-electron chi connectivity index (χ3n) is 4.56. The molecule has 6 heteroatoms. The maximum atomic E-state index is 11.6. The molecule has 0 saturated carbocycles. The zero-order valence-corrected chi connectivity index (χ0v) is 16.1. The van der Waals surface area contributed by atoms with Crippen LogP contribution in [0.2, 0.25) is 0 Å². The first kappa shape index (κ1) is 19.7. The molecule has 0 aliphatic carbocycles. The Morgan fingerprint density at radius 3 is 2.64 bits per heavy atom. The van der Waals surface area contributed by atoms with E-state index in [4.69, 9.17) is 17.0 Å². The summed E-state index contributed by atoms with van der Waals surface area (Å²) in [5, 5.41) is 3.73. The largest absolute Gasteiger partial charge is 0.465 e. The van der Waals surface area contributed by atoms with Gasteiger partial charge in [-0.1, -0.05) is 30.3 Å². The number of thiocarbonyl (C=S) groups is 1. The van der Waals surface area contributed by atoms with E-state index < -0.39 is 0 Å². The van der Waals surface area contributed by atoms with Crippen LogP contribution < -0.4 is 5.32 Å². The summed E-state index contributed by atoms with van der Waals surface area (Å²) >= 11 is 5.60. The van der Waals surface area contributed by atoms with Gasteiger partial charge >= 0.3 is 5.97 Å². The first-order chi connectivity index (χ1) is 12.1. The monoisotopic (exact) mass is 363 g/mol. The number of rotatable bonds is 7. The summed E-state index contributed by atoms with van der Waals surface area (Å²) < 4.78 is 4.97. The van der Waals surface area contributed by atoms with Gasteiger partial charge in [0.2, 0.25) is 0 Å². The molecule has 138 valence electrons. The molecule has 1 aromatic rings. The van der Waals surface area contributed by atoms with E-state index in [0.29, 0.717) is 17.8 Å². The van der Waals surface area contributed by atoms with Crippen molar-refractivity contribution >= 4 is 23.3 Å². The Morgan fingerprint density at radius 1 is 1.32 bits per heavy atom. The Morgan fingerprint density at radius 2 is 2.00 bits per heavy atom. The highest BCUT2D eigenvalue weighted by atomic mass is 32.1. The minimum atomic E-state index is -0.267. The molecule has 1 heterocycles. The number of carbonyl (C=O) groups is 1. The van der Waals surface area contributed by atoms with Crippen LogP contribution in [0.1, 0.15) is 25.3 Å². The quantitative estimate of drug-likeness (QED) is 0.591. The minimum Gasteiger partial charge on any atom is -0.465 e. The van der Waals surface area contributed by atoms with Crippen molar-refractivity contribution in [2.45, 2.75) is 32.2 Å². The zero-order valence-electron chi connectivity index (χ0n) is 15.2. The molecule has 0 spiro atoms. The third-order valence-corrected chi connectivity index (χ3v) is 4.94. The van der Waals surface area contributed by atoms with Crippen molar-refractivity contribution in [3.05, 3.63) is 35.9 Å². The average Bonchev–Trinajstić information content (AvgIpc) is 2.63. The third kappa shape index (κ3) is 6.63. The maximum absolute atomic E-state index is 11.6. The molecular formula is C19H29N3O2S. The lowest BCUT2D eigenvalue weighted by molar-refractivity contribution is -0.141. The summed E-state index contributed by atoms with van der Waals surface area (Å²) in [6.07, 6.45) is 3.12. The molecule has 0 amide bonds. The Kier molecular flexibility index (Phi) is 8.15. The van der Waals surface area contributed by atoms with Crippen LogP contribution in [-0.2, 0) is 16.0 Å². The molecular weight excluding hydrogens is 334 g/mol. The number of nitrogens with one attached hydrogen (secondary N) is 1. The second kappa shape index (κ2) is 10.4. The number of esters is 1. The van der Waals surface area contributed by atoms with Crippen molar-refractivity contribution in [1.82, 2.24) is 15.1 Å². The molecule has 1 aliphatic rings. The maximum Gasteiger partial charge on any atom is 0.325 e. The second-order valence-electron chi connectivity index (χ2n) is 6.43. The lowest BCUT2D eigenvalue weighted by atomic mass is 10.0. The number of hydrogen-bond acceptors (Lipinski definition) is 4. The van der Waals surface area contributed by atoms with E-state index in [9.17, 15) is 4.79 Å². The van der Waals surface area contributed by atoms with Crippen LogP contribution in [0.15, 0.2) is 30.3 Å². The predicted molar refractivity (Wildman–Crippen MR) is 105 cm³/mol. The van der Waals surface area contributed by atoms with Crippen LogP contribution in [0, 0.1) is 0 Å². The summed E-state index contributed by atoms with van der Waals surface area (Å²) in [6, 6.07) is 10.9. The molecule has 0 aromatic heterocycles. The highest BCUT2D eigenvalue weighted by Gasteiger charge is 2.25. The molecule has 1 fully saturated rings. The molecule has 5 nitrogen and oxygen atoms in total. The normalized spacial score (nSPS) is 15.6. The van der Waals surface area contributed by atoms with Crippen molar-refractivity contribution in [1.29, 1.82) is 0 Å². The fourth-order valence-corrected chi connectivity index (χ4v) is 3.42. The van der Waals surface area contributed by atoms with Crippen molar-refractivity contribution in [3.63, 3.8) is 0 Å². The minimum absolute atomic E-state index is 0.126. The van der Waals surface area contributed by atoms with Crippen LogP contribution in [0.25, 0.3) is 0 Å². The van der Waals surface area contributed by atoms with Crippen molar-refractivity contribution in [3.8, 4) is 0 Å². The van der Waals surface area contributed by atoms with Gasteiger partial charge in [0.25, 0.3) is 0 Å². The van der Waals surface area contributed by atoms with Crippen molar-refractivity contribution in [2.75, 3.05) is 39.8 Å². The van der Waals surface area contributed by atoms with Gasteiger partial charge < -0.3 is 19.9 Å². The first-order valence-corrected chi connectivity index (χ1v) is 9.43. The van der Waals surface area contributed by atoms with Crippen molar-refractivity contribution < 1.29 is 9.53 Å². The molecule has 0 bridgehead atoms. The molecule has 1 N–H and O–H groups in total. The Labute approximate surface area is 156 Å². The summed E-state index contributed by atoms with van der Waals surface area (Å²) in [7, 11) is 2.15. The van der Waals surface area contributed by atoms with Gasteiger partial charge in [-0.3, -0.25) is 4.79 Å². The number of nitrogens with zero attached hydrogens (tertiary/aromatic N) is 2. The van der Waals surface area contributed by atoms with Gasteiger partial charge in [-0.25, -0.2) is 0 Å². The van der Waals surface area contributed by atoms with Crippen LogP contribution in [0.4, 0.5) is 0 Å². The summed E-state index contributed by atoms with van der Waals surface area (Å²) in [5.74, 6) is -0.267. The number of carbonyl (C=O) groups excluding carboxylic acids is 1. The predicted octanol–water partition coefficient (Wildman–Crippen LogP) is 2.06. The highest BCUT2D eigenvalue weighted by Crippen LogP contribution is 2.17. The van der Waals surface area contributed by atoms with Crippen LogP contribution in [-0.4, -0.2) is 66.8 Å². The van der Waals surface area contributed by atoms with E-state index in [0.717, 1.165) is 38.9 Å². The van der Waals surface area contributed by atoms with Gasteiger partial charge in [-0.05, 0) is 64.1 Å². The van der Waals surface area contributed by atoms with Crippen molar-refractivity contribution in [2.24, 2.45) is 0 Å². The zero-order chi connectivity index (χ0) is 18.1. The van der Waals surface area contributed by atoms with Crippen LogP contribution in [0.5, 0.6) is 0 Å². The van der Waals surface area contributed by atoms with Gasteiger partial charge in [-0.2, -0.15) is 0 Å². The van der Waals surface area contributed by atoms with E-state index in [2.05, 4.69) is 46.4 Å². The molecule has 1 saturated heterocycles. The van der Waals surface area contributed by atoms with E-state index in [-0.39, 0.29) is 12.5 Å². The molecule has 0 atom stereocenters.